The Bertz CT molecular complexity index is 560. The van der Waals surface area contributed by atoms with Gasteiger partial charge in [0.1, 0.15) is 11.5 Å². The molecule has 1 atom stereocenters. The van der Waals surface area contributed by atoms with Crippen molar-refractivity contribution >= 4 is 11.9 Å². The molecule has 22 heavy (non-hydrogen) atoms. The molecule has 7 heteroatoms. The summed E-state index contributed by atoms with van der Waals surface area (Å²) in [5.41, 5.74) is 1.19. The normalized spacial score (nSPS) is 18.0. The summed E-state index contributed by atoms with van der Waals surface area (Å²) < 4.78 is 15.6. The van der Waals surface area contributed by atoms with E-state index < -0.39 is 12.1 Å². The average Bonchev–Trinajstić information content (AvgIpc) is 2.54. The Balaban J connectivity index is 2.27. The van der Waals surface area contributed by atoms with Crippen LogP contribution in [0.15, 0.2) is 12.1 Å². The Labute approximate surface area is 128 Å². The van der Waals surface area contributed by atoms with Gasteiger partial charge >= 0.3 is 5.97 Å². The molecular formula is C15H19NO6. The SMILES string of the molecule is COc1cc(C(=O)N2CCOC(C(=O)O)C2)cc(OC)c1C. The van der Waals surface area contributed by atoms with Gasteiger partial charge in [0.15, 0.2) is 6.10 Å². The standard InChI is InChI=1S/C15H19NO6/c1-9-11(20-2)6-10(7-12(9)21-3)14(17)16-4-5-22-13(8-16)15(18)19/h6-7,13H,4-5,8H2,1-3H3,(H,18,19). The number of rotatable bonds is 4. The fourth-order valence-corrected chi connectivity index (χ4v) is 2.38. The maximum Gasteiger partial charge on any atom is 0.334 e. The van der Waals surface area contributed by atoms with Crippen molar-refractivity contribution in [1.29, 1.82) is 0 Å². The lowest BCUT2D eigenvalue weighted by atomic mass is 10.1. The predicted octanol–water partition coefficient (Wildman–Crippen LogP) is 0.938. The molecule has 1 unspecified atom stereocenters. The van der Waals surface area contributed by atoms with Crippen LogP contribution in [0.2, 0.25) is 0 Å². The van der Waals surface area contributed by atoms with Crippen LogP contribution in [0.3, 0.4) is 0 Å². The zero-order chi connectivity index (χ0) is 16.3. The van der Waals surface area contributed by atoms with Gasteiger partial charge in [0.2, 0.25) is 0 Å². The third kappa shape index (κ3) is 3.14. The number of aliphatic carboxylic acids is 1. The smallest absolute Gasteiger partial charge is 0.334 e. The minimum atomic E-state index is -1.07. The van der Waals surface area contributed by atoms with Crippen LogP contribution in [0.1, 0.15) is 15.9 Å². The molecule has 1 amide bonds. The molecule has 1 aliphatic rings. The number of benzene rings is 1. The van der Waals surface area contributed by atoms with E-state index in [1.807, 2.05) is 6.92 Å². The molecule has 1 aliphatic heterocycles. The first-order valence-corrected chi connectivity index (χ1v) is 6.84. The van der Waals surface area contributed by atoms with E-state index in [-0.39, 0.29) is 19.1 Å². The summed E-state index contributed by atoms with van der Waals surface area (Å²) in [5.74, 6) is -0.251. The van der Waals surface area contributed by atoms with Crippen LogP contribution in [0.25, 0.3) is 0 Å². The molecule has 1 saturated heterocycles. The average molecular weight is 309 g/mol. The largest absolute Gasteiger partial charge is 0.496 e. The molecule has 1 aromatic carbocycles. The highest BCUT2D eigenvalue weighted by atomic mass is 16.5. The maximum absolute atomic E-state index is 12.6. The van der Waals surface area contributed by atoms with Crippen LogP contribution >= 0.6 is 0 Å². The van der Waals surface area contributed by atoms with Crippen molar-refractivity contribution < 1.29 is 28.9 Å². The molecule has 1 fully saturated rings. The number of carbonyl (C=O) groups excluding carboxylic acids is 1. The number of morpholine rings is 1. The van der Waals surface area contributed by atoms with Gasteiger partial charge in [0, 0.05) is 17.7 Å². The monoisotopic (exact) mass is 309 g/mol. The third-order valence-electron chi connectivity index (χ3n) is 3.63. The fourth-order valence-electron chi connectivity index (χ4n) is 2.38. The van der Waals surface area contributed by atoms with Gasteiger partial charge in [0.05, 0.1) is 27.4 Å². The molecule has 1 N–H and O–H groups in total. The summed E-state index contributed by atoms with van der Waals surface area (Å²) in [6.07, 6.45) is -0.994. The van der Waals surface area contributed by atoms with Gasteiger partial charge < -0.3 is 24.2 Å². The number of carboxylic acids is 1. The Morgan fingerprint density at radius 3 is 2.36 bits per heavy atom. The lowest BCUT2D eigenvalue weighted by Crippen LogP contribution is -2.48. The summed E-state index contributed by atoms with van der Waals surface area (Å²) >= 11 is 0. The van der Waals surface area contributed by atoms with Crippen molar-refractivity contribution in [1.82, 2.24) is 4.90 Å². The van der Waals surface area contributed by atoms with E-state index in [2.05, 4.69) is 0 Å². The van der Waals surface area contributed by atoms with Gasteiger partial charge in [-0.05, 0) is 19.1 Å². The van der Waals surface area contributed by atoms with Crippen molar-refractivity contribution in [3.05, 3.63) is 23.3 Å². The molecule has 1 aromatic rings. The van der Waals surface area contributed by atoms with E-state index in [1.165, 1.54) is 19.1 Å². The second kappa shape index (κ2) is 6.65. The second-order valence-corrected chi connectivity index (χ2v) is 4.95. The molecule has 2 rings (SSSR count). The second-order valence-electron chi connectivity index (χ2n) is 4.95. The highest BCUT2D eigenvalue weighted by molar-refractivity contribution is 5.95. The number of ether oxygens (including phenoxy) is 3. The van der Waals surface area contributed by atoms with E-state index in [0.717, 1.165) is 5.56 Å². The summed E-state index contributed by atoms with van der Waals surface area (Å²) in [4.78, 5) is 25.0. The Hall–Kier alpha value is -2.28. The number of methoxy groups -OCH3 is 2. The Morgan fingerprint density at radius 1 is 1.27 bits per heavy atom. The molecule has 0 saturated carbocycles. The summed E-state index contributed by atoms with van der Waals surface area (Å²) in [5, 5.41) is 9.01. The molecular weight excluding hydrogens is 290 g/mol. The summed E-state index contributed by atoms with van der Waals surface area (Å²) in [7, 11) is 3.04. The molecule has 1 heterocycles. The fraction of sp³-hybridized carbons (Fsp3) is 0.467. The zero-order valence-corrected chi connectivity index (χ0v) is 12.8. The van der Waals surface area contributed by atoms with Crippen LogP contribution in [-0.2, 0) is 9.53 Å². The van der Waals surface area contributed by atoms with Gasteiger partial charge in [-0.3, -0.25) is 4.79 Å². The van der Waals surface area contributed by atoms with Crippen molar-refractivity contribution in [2.45, 2.75) is 13.0 Å². The van der Waals surface area contributed by atoms with Gasteiger partial charge in [-0.1, -0.05) is 0 Å². The molecule has 0 radical (unpaired) electrons. The summed E-state index contributed by atoms with van der Waals surface area (Å²) in [6, 6.07) is 3.26. The minimum Gasteiger partial charge on any atom is -0.496 e. The van der Waals surface area contributed by atoms with Crippen LogP contribution in [0, 0.1) is 6.92 Å². The van der Waals surface area contributed by atoms with E-state index in [1.54, 1.807) is 12.1 Å². The molecule has 0 bridgehead atoms. The lowest BCUT2D eigenvalue weighted by Gasteiger charge is -2.31. The Kier molecular flexibility index (Phi) is 4.87. The van der Waals surface area contributed by atoms with Crippen molar-refractivity contribution in [2.75, 3.05) is 33.9 Å². The Morgan fingerprint density at radius 2 is 1.86 bits per heavy atom. The van der Waals surface area contributed by atoms with Crippen LogP contribution in [0.5, 0.6) is 11.5 Å². The molecule has 120 valence electrons. The highest BCUT2D eigenvalue weighted by Crippen LogP contribution is 2.30. The third-order valence-corrected chi connectivity index (χ3v) is 3.63. The van der Waals surface area contributed by atoms with Crippen molar-refractivity contribution in [2.24, 2.45) is 0 Å². The van der Waals surface area contributed by atoms with Gasteiger partial charge in [0.25, 0.3) is 5.91 Å². The number of carbonyl (C=O) groups is 2. The molecule has 0 spiro atoms. The van der Waals surface area contributed by atoms with E-state index in [0.29, 0.717) is 23.6 Å². The van der Waals surface area contributed by atoms with Crippen LogP contribution in [-0.4, -0.2) is 61.9 Å². The first-order chi connectivity index (χ1) is 10.5. The van der Waals surface area contributed by atoms with E-state index >= 15 is 0 Å². The topological polar surface area (TPSA) is 85.3 Å². The van der Waals surface area contributed by atoms with E-state index in [4.69, 9.17) is 19.3 Å². The predicted molar refractivity (Wildman–Crippen MR) is 77.6 cm³/mol. The molecule has 7 nitrogen and oxygen atoms in total. The van der Waals surface area contributed by atoms with Gasteiger partial charge in [-0.2, -0.15) is 0 Å². The van der Waals surface area contributed by atoms with Gasteiger partial charge in [-0.15, -0.1) is 0 Å². The zero-order valence-electron chi connectivity index (χ0n) is 12.8. The first-order valence-electron chi connectivity index (χ1n) is 6.84. The van der Waals surface area contributed by atoms with Crippen LogP contribution in [0.4, 0.5) is 0 Å². The first kappa shape index (κ1) is 16.1. The molecule has 0 aliphatic carbocycles. The summed E-state index contributed by atoms with van der Waals surface area (Å²) in [6.45, 7) is 2.40. The maximum atomic E-state index is 12.6. The number of amides is 1. The number of carboxylic acid groups (broad SMARTS) is 1. The number of hydrogen-bond acceptors (Lipinski definition) is 5. The van der Waals surface area contributed by atoms with Crippen molar-refractivity contribution in [3.8, 4) is 11.5 Å². The highest BCUT2D eigenvalue weighted by Gasteiger charge is 2.30. The van der Waals surface area contributed by atoms with E-state index in [9.17, 15) is 9.59 Å². The van der Waals surface area contributed by atoms with Crippen molar-refractivity contribution in [3.63, 3.8) is 0 Å². The number of nitrogens with zero attached hydrogens (tertiary/aromatic N) is 1. The molecule has 0 aromatic heterocycles. The van der Waals surface area contributed by atoms with Gasteiger partial charge in [-0.25, -0.2) is 4.79 Å². The number of hydrogen-bond donors (Lipinski definition) is 1. The quantitative estimate of drug-likeness (QED) is 0.891. The van der Waals surface area contributed by atoms with Crippen LogP contribution < -0.4 is 9.47 Å². The lowest BCUT2D eigenvalue weighted by molar-refractivity contribution is -0.154. The minimum absolute atomic E-state index is 0.0205.